The van der Waals surface area contributed by atoms with Crippen molar-refractivity contribution in [3.8, 4) is 0 Å². The average Bonchev–Trinajstić information content (AvgIpc) is 0.722. The van der Waals surface area contributed by atoms with E-state index in [1.54, 1.807) is 0 Å². The summed E-state index contributed by atoms with van der Waals surface area (Å²) in [4.78, 5) is 22.9. The minimum Gasteiger partial charge on any atom is -0.756 e. The zero-order valence-electron chi connectivity index (χ0n) is 2.46. The Morgan fingerprint density at radius 1 is 1.50 bits per heavy atom. The SMILES string of the molecule is O=P([O-])(O)O.[Cu+]. The maximum Gasteiger partial charge on any atom is 1.00 e. The maximum atomic E-state index is 8.77. The van der Waals surface area contributed by atoms with Crippen LogP contribution in [0.2, 0.25) is 0 Å². The molecule has 0 amide bonds. The smallest absolute Gasteiger partial charge is 0.756 e. The van der Waals surface area contributed by atoms with Gasteiger partial charge in [-0.2, -0.15) is 0 Å². The number of rotatable bonds is 0. The molecule has 0 heterocycles. The van der Waals surface area contributed by atoms with Gasteiger partial charge < -0.3 is 14.7 Å². The Balaban J connectivity index is 0. The van der Waals surface area contributed by atoms with E-state index in [0.29, 0.717) is 0 Å². The normalized spacial score (nSPS) is 9.83. The second kappa shape index (κ2) is 2.75. The van der Waals surface area contributed by atoms with Crippen LogP contribution in [0.5, 0.6) is 0 Å². The molecule has 0 saturated heterocycles. The molecule has 6 heavy (non-hydrogen) atoms. The second-order valence-electron chi connectivity index (χ2n) is 0.491. The Morgan fingerprint density at radius 2 is 1.50 bits per heavy atom. The molecular formula is H2CuO4P. The van der Waals surface area contributed by atoms with Gasteiger partial charge in [-0.05, 0) is 0 Å². The van der Waals surface area contributed by atoms with E-state index in [2.05, 4.69) is 0 Å². The average molecular weight is 161 g/mol. The third kappa shape index (κ3) is 154. The van der Waals surface area contributed by atoms with Crippen molar-refractivity contribution in [2.45, 2.75) is 0 Å². The minimum absolute atomic E-state index is 0. The zero-order valence-corrected chi connectivity index (χ0v) is 4.30. The number of phosphoric acid groups is 1. The monoisotopic (exact) mass is 160 g/mol. The Hall–Kier alpha value is 0.629. The van der Waals surface area contributed by atoms with Gasteiger partial charge in [-0.3, -0.25) is 4.57 Å². The summed E-state index contributed by atoms with van der Waals surface area (Å²) in [5.41, 5.74) is 0. The van der Waals surface area contributed by atoms with Gasteiger partial charge >= 0.3 is 17.1 Å². The van der Waals surface area contributed by atoms with Gasteiger partial charge in [0.05, 0.1) is 0 Å². The van der Waals surface area contributed by atoms with Gasteiger partial charge in [0, 0.05) is 0 Å². The van der Waals surface area contributed by atoms with E-state index >= 15 is 0 Å². The first kappa shape index (κ1) is 9.80. The Kier molecular flexibility index (Phi) is 4.49. The molecule has 0 rings (SSSR count). The first-order valence-corrected chi connectivity index (χ1v) is 2.30. The van der Waals surface area contributed by atoms with Crippen molar-refractivity contribution in [3.63, 3.8) is 0 Å². The van der Waals surface area contributed by atoms with E-state index in [9.17, 15) is 0 Å². The molecular weight excluding hydrogens is 159 g/mol. The molecule has 0 aliphatic rings. The Bertz CT molecular complexity index is 53.7. The van der Waals surface area contributed by atoms with Gasteiger partial charge in [0.2, 0.25) is 0 Å². The number of hydrogen-bond acceptors (Lipinski definition) is 2. The van der Waals surface area contributed by atoms with Crippen molar-refractivity contribution in [2.75, 3.05) is 0 Å². The largest absolute Gasteiger partial charge is 1.00 e. The summed E-state index contributed by atoms with van der Waals surface area (Å²) in [6.45, 7) is 0. The third-order valence-corrected chi connectivity index (χ3v) is 0. The zero-order chi connectivity index (χ0) is 4.50. The predicted octanol–water partition coefficient (Wildman–Crippen LogP) is -1.56. The first-order chi connectivity index (χ1) is 2.00. The molecule has 0 bridgehead atoms. The Morgan fingerprint density at radius 3 is 1.50 bits per heavy atom. The molecule has 4 nitrogen and oxygen atoms in total. The molecule has 0 aromatic heterocycles. The van der Waals surface area contributed by atoms with Gasteiger partial charge in [0.1, 0.15) is 0 Å². The van der Waals surface area contributed by atoms with Crippen LogP contribution in [0.4, 0.5) is 0 Å². The van der Waals surface area contributed by atoms with Crippen molar-refractivity contribution in [2.24, 2.45) is 0 Å². The van der Waals surface area contributed by atoms with Crippen LogP contribution < -0.4 is 4.89 Å². The molecule has 0 spiro atoms. The summed E-state index contributed by atoms with van der Waals surface area (Å²) in [5.74, 6) is 0. The maximum absolute atomic E-state index is 8.77. The van der Waals surface area contributed by atoms with Crippen molar-refractivity contribution in [1.29, 1.82) is 0 Å². The summed E-state index contributed by atoms with van der Waals surface area (Å²) in [7, 11) is -4.89. The van der Waals surface area contributed by atoms with Crippen LogP contribution in [-0.2, 0) is 21.6 Å². The van der Waals surface area contributed by atoms with E-state index in [4.69, 9.17) is 19.2 Å². The van der Waals surface area contributed by atoms with E-state index in [1.165, 1.54) is 0 Å². The van der Waals surface area contributed by atoms with Crippen LogP contribution in [-0.4, -0.2) is 9.79 Å². The summed E-state index contributed by atoms with van der Waals surface area (Å²) in [5, 5.41) is 0. The van der Waals surface area contributed by atoms with Gasteiger partial charge in [-0.25, -0.2) is 0 Å². The molecule has 6 heteroatoms. The van der Waals surface area contributed by atoms with E-state index < -0.39 is 7.82 Å². The summed E-state index contributed by atoms with van der Waals surface area (Å²) >= 11 is 0. The minimum atomic E-state index is -4.89. The van der Waals surface area contributed by atoms with Crippen molar-refractivity contribution in [1.82, 2.24) is 0 Å². The van der Waals surface area contributed by atoms with E-state index in [1.807, 2.05) is 0 Å². The fourth-order valence-electron chi connectivity index (χ4n) is 0. The molecule has 0 aromatic carbocycles. The summed E-state index contributed by atoms with van der Waals surface area (Å²) in [6, 6.07) is 0. The van der Waals surface area contributed by atoms with Crippen LogP contribution in [0, 0.1) is 0 Å². The molecule has 0 radical (unpaired) electrons. The second-order valence-corrected chi connectivity index (χ2v) is 1.47. The standard InChI is InChI=1S/Cu.H3O4P/c;1-5(2,3)4/h;(H3,1,2,3,4)/q+1;/p-1. The van der Waals surface area contributed by atoms with Gasteiger partial charge in [-0.1, -0.05) is 0 Å². The third-order valence-electron chi connectivity index (χ3n) is 0. The summed E-state index contributed by atoms with van der Waals surface area (Å²) < 4.78 is 8.77. The molecule has 0 aliphatic heterocycles. The quantitative estimate of drug-likeness (QED) is 0.332. The van der Waals surface area contributed by atoms with E-state index in [0.717, 1.165) is 0 Å². The topological polar surface area (TPSA) is 80.6 Å². The van der Waals surface area contributed by atoms with Crippen LogP contribution in [0.1, 0.15) is 0 Å². The first-order valence-electron chi connectivity index (χ1n) is 0.765. The Labute approximate surface area is 44.9 Å². The molecule has 2 N–H and O–H groups in total. The molecule has 0 unspecified atom stereocenters. The van der Waals surface area contributed by atoms with Crippen LogP contribution in [0.15, 0.2) is 0 Å². The van der Waals surface area contributed by atoms with Crippen LogP contribution >= 0.6 is 7.82 Å². The fourth-order valence-corrected chi connectivity index (χ4v) is 0. The van der Waals surface area contributed by atoms with Crippen LogP contribution in [0.25, 0.3) is 0 Å². The molecule has 0 aliphatic carbocycles. The molecule has 0 aromatic rings. The molecule has 0 atom stereocenters. The summed E-state index contributed by atoms with van der Waals surface area (Å²) in [6.07, 6.45) is 0. The predicted molar refractivity (Wildman–Crippen MR) is 12.0 cm³/mol. The molecule has 42 valence electrons. The van der Waals surface area contributed by atoms with Gasteiger partial charge in [0.25, 0.3) is 7.82 Å². The molecule has 0 saturated carbocycles. The molecule has 0 fully saturated rings. The van der Waals surface area contributed by atoms with Crippen LogP contribution in [0.3, 0.4) is 0 Å². The van der Waals surface area contributed by atoms with Gasteiger partial charge in [0.15, 0.2) is 0 Å². The fraction of sp³-hybridized carbons (Fsp3) is 0. The number of hydrogen-bond donors (Lipinski definition) is 2. The van der Waals surface area contributed by atoms with Gasteiger partial charge in [-0.15, -0.1) is 0 Å². The van der Waals surface area contributed by atoms with Crippen molar-refractivity contribution in [3.05, 3.63) is 0 Å². The van der Waals surface area contributed by atoms with E-state index in [-0.39, 0.29) is 17.1 Å². The van der Waals surface area contributed by atoms with Crippen molar-refractivity contribution < 1.29 is 36.3 Å². The van der Waals surface area contributed by atoms with Crippen molar-refractivity contribution >= 4 is 7.82 Å².